The van der Waals surface area contributed by atoms with Gasteiger partial charge in [0.05, 0.1) is 5.69 Å². The van der Waals surface area contributed by atoms with Crippen molar-refractivity contribution in [1.29, 1.82) is 5.26 Å². The molecule has 0 saturated carbocycles. The number of ether oxygens (including phenoxy) is 1. The van der Waals surface area contributed by atoms with E-state index in [9.17, 15) is 14.4 Å². The van der Waals surface area contributed by atoms with Crippen LogP contribution in [0.15, 0.2) is 66.8 Å². The summed E-state index contributed by atoms with van der Waals surface area (Å²) in [5.41, 5.74) is 0.423. The molecule has 5 heteroatoms. The Morgan fingerprint density at radius 1 is 1.25 bits per heavy atom. The third kappa shape index (κ3) is 4.31. The number of hydrogen-bond donors (Lipinski definition) is 1. The van der Waals surface area contributed by atoms with Crippen LogP contribution in [0.2, 0.25) is 0 Å². The second kappa shape index (κ2) is 8.30. The minimum Gasteiger partial charge on any atom is -0.489 e. The minimum absolute atomic E-state index is 0.0137. The monoisotopic (exact) mass is 322 g/mol. The Hall–Kier alpha value is -3.39. The number of nitrogens with one attached hydrogen (secondary N) is 1. The van der Waals surface area contributed by atoms with Crippen LogP contribution in [0.3, 0.4) is 0 Å². The van der Waals surface area contributed by atoms with Crippen LogP contribution in [-0.4, -0.2) is 12.5 Å². The van der Waals surface area contributed by atoms with Crippen molar-refractivity contribution < 1.29 is 13.9 Å². The maximum Gasteiger partial charge on any atom is 0.266 e. The highest BCUT2D eigenvalue weighted by Gasteiger charge is 2.13. The smallest absolute Gasteiger partial charge is 0.266 e. The molecule has 0 heterocycles. The molecule has 24 heavy (non-hydrogen) atoms. The molecule has 0 unspecified atom stereocenters. The fourth-order valence-corrected chi connectivity index (χ4v) is 1.94. The van der Waals surface area contributed by atoms with Crippen molar-refractivity contribution in [2.24, 2.45) is 0 Å². The van der Waals surface area contributed by atoms with E-state index in [-0.39, 0.29) is 11.3 Å². The zero-order chi connectivity index (χ0) is 17.4. The first-order chi connectivity index (χ1) is 11.7. The normalized spacial score (nSPS) is 10.6. The number of halogens is 1. The SMILES string of the molecule is C=CCOc1ccccc1/C=C(\C#N)C(=O)Nc1ccccc1F. The molecular weight excluding hydrogens is 307 g/mol. The number of nitrogens with zero attached hydrogens (tertiary/aromatic N) is 1. The molecule has 0 saturated heterocycles. The van der Waals surface area contributed by atoms with Crippen LogP contribution in [0.5, 0.6) is 5.75 Å². The summed E-state index contributed by atoms with van der Waals surface area (Å²) in [6.07, 6.45) is 2.99. The van der Waals surface area contributed by atoms with E-state index in [0.717, 1.165) is 0 Å². The minimum atomic E-state index is -0.693. The number of carbonyl (C=O) groups excluding carboxylic acids is 1. The lowest BCUT2D eigenvalue weighted by atomic mass is 10.1. The zero-order valence-electron chi connectivity index (χ0n) is 12.8. The molecule has 0 aliphatic heterocycles. The second-order valence-electron chi connectivity index (χ2n) is 4.74. The summed E-state index contributed by atoms with van der Waals surface area (Å²) in [5, 5.41) is 11.6. The number of para-hydroxylation sites is 2. The van der Waals surface area contributed by atoms with E-state index >= 15 is 0 Å². The molecule has 0 bridgehead atoms. The first kappa shape index (κ1) is 17.0. The Balaban J connectivity index is 2.26. The van der Waals surface area contributed by atoms with E-state index < -0.39 is 11.7 Å². The van der Waals surface area contributed by atoms with Crippen molar-refractivity contribution in [2.45, 2.75) is 0 Å². The van der Waals surface area contributed by atoms with Crippen LogP contribution < -0.4 is 10.1 Å². The highest BCUT2D eigenvalue weighted by atomic mass is 19.1. The lowest BCUT2D eigenvalue weighted by Gasteiger charge is -2.08. The Labute approximate surface area is 139 Å². The van der Waals surface area contributed by atoms with Gasteiger partial charge in [-0.05, 0) is 24.3 Å². The molecule has 4 nitrogen and oxygen atoms in total. The van der Waals surface area contributed by atoms with E-state index in [1.165, 1.54) is 24.3 Å². The van der Waals surface area contributed by atoms with E-state index in [4.69, 9.17) is 4.74 Å². The molecule has 0 fully saturated rings. The lowest BCUT2D eigenvalue weighted by molar-refractivity contribution is -0.112. The molecule has 2 aromatic rings. The molecule has 2 aromatic carbocycles. The van der Waals surface area contributed by atoms with Gasteiger partial charge in [-0.25, -0.2) is 4.39 Å². The number of carbonyl (C=O) groups is 1. The van der Waals surface area contributed by atoms with Crippen LogP contribution in [0.1, 0.15) is 5.56 Å². The van der Waals surface area contributed by atoms with Gasteiger partial charge < -0.3 is 10.1 Å². The van der Waals surface area contributed by atoms with Crippen molar-refractivity contribution in [2.75, 3.05) is 11.9 Å². The summed E-state index contributed by atoms with van der Waals surface area (Å²) < 4.78 is 19.1. The van der Waals surface area contributed by atoms with Gasteiger partial charge >= 0.3 is 0 Å². The average molecular weight is 322 g/mol. The van der Waals surface area contributed by atoms with Gasteiger partial charge in [0, 0.05) is 5.56 Å². The number of anilines is 1. The molecule has 0 spiro atoms. The van der Waals surface area contributed by atoms with Crippen molar-refractivity contribution in [3.05, 3.63) is 78.1 Å². The summed E-state index contributed by atoms with van der Waals surface area (Å²) in [6, 6.07) is 14.5. The van der Waals surface area contributed by atoms with Gasteiger partial charge in [0.2, 0.25) is 0 Å². The number of rotatable bonds is 6. The van der Waals surface area contributed by atoms with Gasteiger partial charge in [-0.2, -0.15) is 5.26 Å². The fourth-order valence-electron chi connectivity index (χ4n) is 1.94. The fraction of sp³-hybridized carbons (Fsp3) is 0.0526. The summed E-state index contributed by atoms with van der Waals surface area (Å²) in [6.45, 7) is 3.87. The Kier molecular flexibility index (Phi) is 5.87. The molecule has 1 N–H and O–H groups in total. The van der Waals surface area contributed by atoms with E-state index in [2.05, 4.69) is 11.9 Å². The Bertz CT molecular complexity index is 822. The summed E-state index contributed by atoms with van der Waals surface area (Å²) in [5.74, 6) is -0.747. The van der Waals surface area contributed by atoms with Gasteiger partial charge in [-0.15, -0.1) is 0 Å². The van der Waals surface area contributed by atoms with E-state index in [1.807, 2.05) is 6.07 Å². The largest absolute Gasteiger partial charge is 0.489 e. The highest BCUT2D eigenvalue weighted by Crippen LogP contribution is 2.22. The summed E-state index contributed by atoms with van der Waals surface area (Å²) >= 11 is 0. The third-order valence-electron chi connectivity index (χ3n) is 3.06. The van der Waals surface area contributed by atoms with Gasteiger partial charge in [0.25, 0.3) is 5.91 Å². The van der Waals surface area contributed by atoms with Gasteiger partial charge in [-0.1, -0.05) is 43.0 Å². The molecule has 0 radical (unpaired) electrons. The van der Waals surface area contributed by atoms with Gasteiger partial charge in [0.15, 0.2) is 0 Å². The number of nitriles is 1. The quantitative estimate of drug-likeness (QED) is 0.498. The zero-order valence-corrected chi connectivity index (χ0v) is 12.8. The molecule has 1 amide bonds. The topological polar surface area (TPSA) is 62.1 Å². The standard InChI is InChI=1S/C19H15FN2O2/c1-2-11-24-18-10-6-3-7-14(18)12-15(13-21)19(23)22-17-9-5-4-8-16(17)20/h2-10,12H,1,11H2,(H,22,23)/b15-12+. The van der Waals surface area contributed by atoms with Gasteiger partial charge in [0.1, 0.15) is 29.8 Å². The van der Waals surface area contributed by atoms with Crippen LogP contribution in [0, 0.1) is 17.1 Å². The predicted molar refractivity (Wildman–Crippen MR) is 90.8 cm³/mol. The third-order valence-corrected chi connectivity index (χ3v) is 3.06. The van der Waals surface area contributed by atoms with Crippen molar-refractivity contribution in [1.82, 2.24) is 0 Å². The molecule has 120 valence electrons. The highest BCUT2D eigenvalue weighted by molar-refractivity contribution is 6.09. The van der Waals surface area contributed by atoms with E-state index in [0.29, 0.717) is 17.9 Å². The van der Waals surface area contributed by atoms with Crippen molar-refractivity contribution in [3.8, 4) is 11.8 Å². The van der Waals surface area contributed by atoms with Crippen LogP contribution in [-0.2, 0) is 4.79 Å². The van der Waals surface area contributed by atoms with E-state index in [1.54, 1.807) is 36.4 Å². The number of benzene rings is 2. The van der Waals surface area contributed by atoms with Crippen LogP contribution in [0.25, 0.3) is 6.08 Å². The predicted octanol–water partition coefficient (Wildman–Crippen LogP) is 3.94. The van der Waals surface area contributed by atoms with Crippen molar-refractivity contribution >= 4 is 17.7 Å². The molecule has 2 rings (SSSR count). The molecule has 0 aromatic heterocycles. The maximum atomic E-state index is 13.6. The number of hydrogen-bond acceptors (Lipinski definition) is 3. The molecular formula is C19H15FN2O2. The molecule has 0 aliphatic carbocycles. The van der Waals surface area contributed by atoms with Gasteiger partial charge in [-0.3, -0.25) is 4.79 Å². The Morgan fingerprint density at radius 3 is 2.67 bits per heavy atom. The average Bonchev–Trinajstić information content (AvgIpc) is 2.60. The van der Waals surface area contributed by atoms with Crippen LogP contribution >= 0.6 is 0 Å². The van der Waals surface area contributed by atoms with Crippen LogP contribution in [0.4, 0.5) is 10.1 Å². The lowest BCUT2D eigenvalue weighted by Crippen LogP contribution is -2.14. The first-order valence-corrected chi connectivity index (χ1v) is 7.16. The summed E-state index contributed by atoms with van der Waals surface area (Å²) in [4.78, 5) is 12.2. The maximum absolute atomic E-state index is 13.6. The molecule has 0 atom stereocenters. The number of amides is 1. The first-order valence-electron chi connectivity index (χ1n) is 7.16. The second-order valence-corrected chi connectivity index (χ2v) is 4.74. The van der Waals surface area contributed by atoms with Crippen molar-refractivity contribution in [3.63, 3.8) is 0 Å². The molecule has 0 aliphatic rings. The summed E-state index contributed by atoms with van der Waals surface area (Å²) in [7, 11) is 0. The Morgan fingerprint density at radius 2 is 1.96 bits per heavy atom.